The second-order valence-electron chi connectivity index (χ2n) is 5.01. The van der Waals surface area contributed by atoms with Crippen LogP contribution in [0.1, 0.15) is 23.4 Å². The third-order valence-electron chi connectivity index (χ3n) is 3.58. The van der Waals surface area contributed by atoms with E-state index in [9.17, 15) is 4.79 Å². The Kier molecular flexibility index (Phi) is 3.05. The summed E-state index contributed by atoms with van der Waals surface area (Å²) in [4.78, 5) is 11.4. The molecule has 5 nitrogen and oxygen atoms in total. The Morgan fingerprint density at radius 1 is 1.35 bits per heavy atom. The minimum atomic E-state index is 0.0403. The molecule has 2 heterocycles. The lowest BCUT2D eigenvalue weighted by atomic mass is 10.0. The van der Waals surface area contributed by atoms with Gasteiger partial charge in [0.1, 0.15) is 0 Å². The maximum atomic E-state index is 11.4. The number of aromatic nitrogens is 2. The fourth-order valence-corrected chi connectivity index (χ4v) is 2.72. The summed E-state index contributed by atoms with van der Waals surface area (Å²) in [5.41, 5.74) is 11.4. The smallest absolute Gasteiger partial charge is 0.224 e. The van der Waals surface area contributed by atoms with Crippen LogP contribution in [-0.4, -0.2) is 15.7 Å². The first kappa shape index (κ1) is 13.2. The number of nitrogens with two attached hydrogens (primary N) is 1. The molecule has 6 heteroatoms. The molecule has 104 valence electrons. The van der Waals surface area contributed by atoms with Gasteiger partial charge in [-0.15, -0.1) is 0 Å². The Labute approximate surface area is 125 Å². The summed E-state index contributed by atoms with van der Waals surface area (Å²) in [5, 5.41) is 7.36. The average molecular weight is 335 g/mol. The van der Waals surface area contributed by atoms with Gasteiger partial charge in [-0.1, -0.05) is 0 Å². The fourth-order valence-electron chi connectivity index (χ4n) is 2.47. The molecule has 0 spiro atoms. The second-order valence-corrected chi connectivity index (χ2v) is 5.81. The van der Waals surface area contributed by atoms with E-state index >= 15 is 0 Å². The van der Waals surface area contributed by atoms with Crippen LogP contribution in [0.15, 0.2) is 16.6 Å². The highest BCUT2D eigenvalue weighted by molar-refractivity contribution is 9.10. The number of anilines is 2. The van der Waals surface area contributed by atoms with Crippen molar-refractivity contribution >= 4 is 33.2 Å². The molecule has 0 aliphatic carbocycles. The predicted octanol–water partition coefficient (Wildman–Crippen LogP) is 2.72. The molecule has 2 aromatic rings. The lowest BCUT2D eigenvalue weighted by molar-refractivity contribution is -0.116. The van der Waals surface area contributed by atoms with E-state index in [4.69, 9.17) is 5.73 Å². The van der Waals surface area contributed by atoms with Gasteiger partial charge in [-0.3, -0.25) is 4.79 Å². The summed E-state index contributed by atoms with van der Waals surface area (Å²) in [5.74, 6) is 0.0403. The Bertz CT molecular complexity index is 720. The quantitative estimate of drug-likeness (QED) is 0.787. The molecule has 0 saturated carbocycles. The molecule has 1 aliphatic heterocycles. The highest BCUT2D eigenvalue weighted by Gasteiger charge is 2.19. The van der Waals surface area contributed by atoms with Gasteiger partial charge in [0, 0.05) is 12.1 Å². The lowest BCUT2D eigenvalue weighted by Crippen LogP contribution is -2.19. The summed E-state index contributed by atoms with van der Waals surface area (Å²) < 4.78 is 2.83. The molecule has 0 fully saturated rings. The normalized spacial score (nSPS) is 14.1. The van der Waals surface area contributed by atoms with Crippen molar-refractivity contribution in [1.82, 2.24) is 9.78 Å². The molecule has 0 atom stereocenters. The van der Waals surface area contributed by atoms with Crippen molar-refractivity contribution in [3.63, 3.8) is 0 Å². The molecule has 0 saturated heterocycles. The van der Waals surface area contributed by atoms with Gasteiger partial charge in [-0.05, 0) is 53.9 Å². The number of aryl methyl sites for hydroxylation is 2. The van der Waals surface area contributed by atoms with Gasteiger partial charge in [0.15, 0.2) is 0 Å². The van der Waals surface area contributed by atoms with E-state index < -0.39 is 0 Å². The van der Waals surface area contributed by atoms with E-state index in [1.54, 1.807) is 0 Å². The summed E-state index contributed by atoms with van der Waals surface area (Å²) >= 11 is 3.52. The number of hydrogen-bond acceptors (Lipinski definition) is 3. The van der Waals surface area contributed by atoms with Crippen molar-refractivity contribution < 1.29 is 4.79 Å². The number of nitrogens with zero attached hydrogens (tertiary/aromatic N) is 2. The summed E-state index contributed by atoms with van der Waals surface area (Å²) in [6.45, 7) is 3.94. The summed E-state index contributed by atoms with van der Waals surface area (Å²) in [7, 11) is 0. The van der Waals surface area contributed by atoms with Crippen LogP contribution in [0.3, 0.4) is 0 Å². The van der Waals surface area contributed by atoms with Crippen molar-refractivity contribution in [2.45, 2.75) is 26.7 Å². The first-order valence-corrected chi connectivity index (χ1v) is 7.21. The fraction of sp³-hybridized carbons (Fsp3) is 0.286. The molecular formula is C14H15BrN4O. The maximum Gasteiger partial charge on any atom is 0.224 e. The predicted molar refractivity (Wildman–Crippen MR) is 82.1 cm³/mol. The van der Waals surface area contributed by atoms with Crippen LogP contribution in [-0.2, 0) is 11.2 Å². The van der Waals surface area contributed by atoms with E-state index in [0.717, 1.165) is 39.2 Å². The third kappa shape index (κ3) is 2.00. The summed E-state index contributed by atoms with van der Waals surface area (Å²) in [6.07, 6.45) is 1.24. The molecule has 0 unspecified atom stereocenters. The molecule has 0 bridgehead atoms. The molecule has 1 aromatic carbocycles. The molecular weight excluding hydrogens is 320 g/mol. The molecule has 3 N–H and O–H groups in total. The molecule has 3 rings (SSSR count). The van der Waals surface area contributed by atoms with Crippen LogP contribution in [0, 0.1) is 13.8 Å². The number of carbonyl (C=O) groups excluding carboxylic acids is 1. The van der Waals surface area contributed by atoms with E-state index in [0.29, 0.717) is 12.1 Å². The highest BCUT2D eigenvalue weighted by Crippen LogP contribution is 2.32. The first-order valence-electron chi connectivity index (χ1n) is 6.41. The molecule has 20 heavy (non-hydrogen) atoms. The third-order valence-corrected chi connectivity index (χ3v) is 4.73. The van der Waals surface area contributed by atoms with Gasteiger partial charge in [-0.25, -0.2) is 4.68 Å². The number of nitrogens with one attached hydrogen (secondary N) is 1. The maximum absolute atomic E-state index is 11.4. The van der Waals surface area contributed by atoms with Crippen LogP contribution < -0.4 is 11.1 Å². The zero-order valence-electron chi connectivity index (χ0n) is 11.3. The molecule has 1 amide bonds. The largest absolute Gasteiger partial charge is 0.397 e. The lowest BCUT2D eigenvalue weighted by Gasteiger charge is -2.19. The number of fused-ring (bicyclic) bond motifs is 1. The van der Waals surface area contributed by atoms with Gasteiger partial charge in [0.25, 0.3) is 0 Å². The van der Waals surface area contributed by atoms with E-state index in [2.05, 4.69) is 26.3 Å². The Balaban J connectivity index is 2.15. The van der Waals surface area contributed by atoms with Gasteiger partial charge in [0.2, 0.25) is 5.91 Å². The van der Waals surface area contributed by atoms with Gasteiger partial charge >= 0.3 is 0 Å². The summed E-state index contributed by atoms with van der Waals surface area (Å²) in [6, 6.07) is 3.82. The topological polar surface area (TPSA) is 72.9 Å². The molecule has 1 aromatic heterocycles. The number of carbonyl (C=O) groups is 1. The number of rotatable bonds is 1. The van der Waals surface area contributed by atoms with Crippen LogP contribution in [0.25, 0.3) is 5.69 Å². The van der Waals surface area contributed by atoms with Gasteiger partial charge in [-0.2, -0.15) is 5.10 Å². The monoisotopic (exact) mass is 334 g/mol. The zero-order chi connectivity index (χ0) is 14.4. The van der Waals surface area contributed by atoms with E-state index in [1.807, 2.05) is 30.7 Å². The zero-order valence-corrected chi connectivity index (χ0v) is 12.9. The Morgan fingerprint density at radius 3 is 2.75 bits per heavy atom. The number of halogens is 1. The van der Waals surface area contributed by atoms with Crippen molar-refractivity contribution in [1.29, 1.82) is 0 Å². The van der Waals surface area contributed by atoms with Crippen molar-refractivity contribution in [3.8, 4) is 5.69 Å². The number of amides is 1. The van der Waals surface area contributed by atoms with Crippen molar-refractivity contribution in [2.24, 2.45) is 0 Å². The standard InChI is InChI=1S/C14H15BrN4O/c1-7-14(15)8(2)19(18-7)12-5-9-3-4-13(20)17-11(9)6-10(12)16/h5-6H,3-4,16H2,1-2H3,(H,17,20). The number of nitrogen functional groups attached to an aromatic ring is 1. The molecule has 1 aliphatic rings. The van der Waals surface area contributed by atoms with E-state index in [-0.39, 0.29) is 5.91 Å². The minimum absolute atomic E-state index is 0.0403. The van der Waals surface area contributed by atoms with E-state index in [1.165, 1.54) is 0 Å². The number of benzene rings is 1. The second kappa shape index (κ2) is 4.63. The average Bonchev–Trinajstić information content (AvgIpc) is 2.65. The SMILES string of the molecule is Cc1nn(-c2cc3c(cc2N)NC(=O)CC3)c(C)c1Br. The van der Waals surface area contributed by atoms with Gasteiger partial charge < -0.3 is 11.1 Å². The first-order chi connectivity index (χ1) is 9.47. The van der Waals surface area contributed by atoms with Crippen LogP contribution >= 0.6 is 15.9 Å². The van der Waals surface area contributed by atoms with Crippen LogP contribution in [0.2, 0.25) is 0 Å². The minimum Gasteiger partial charge on any atom is -0.397 e. The Morgan fingerprint density at radius 2 is 2.10 bits per heavy atom. The van der Waals surface area contributed by atoms with Crippen LogP contribution in [0.5, 0.6) is 0 Å². The molecule has 0 radical (unpaired) electrons. The van der Waals surface area contributed by atoms with Gasteiger partial charge in [0.05, 0.1) is 27.2 Å². The van der Waals surface area contributed by atoms with Crippen molar-refractivity contribution in [2.75, 3.05) is 11.1 Å². The van der Waals surface area contributed by atoms with Crippen molar-refractivity contribution in [3.05, 3.63) is 33.6 Å². The highest BCUT2D eigenvalue weighted by atomic mass is 79.9. The Hall–Kier alpha value is -1.82. The van der Waals surface area contributed by atoms with Crippen LogP contribution in [0.4, 0.5) is 11.4 Å². The number of hydrogen-bond donors (Lipinski definition) is 2.